The number of hydrogen-bond acceptors (Lipinski definition) is 2. The molecule has 2 heterocycles. The molecule has 0 atom stereocenters. The smallest absolute Gasteiger partial charge is 0.322 e. The molecule has 1 fully saturated rings. The molecular formula is C16H16F2N2OS. The van der Waals surface area contributed by atoms with Crippen molar-refractivity contribution in [3.05, 3.63) is 52.2 Å². The second-order valence-corrected chi connectivity index (χ2v) is 6.28. The van der Waals surface area contributed by atoms with Crippen LogP contribution in [0.25, 0.3) is 0 Å². The van der Waals surface area contributed by atoms with Gasteiger partial charge >= 0.3 is 6.03 Å². The first-order valence-electron chi connectivity index (χ1n) is 7.18. The number of piperidine rings is 1. The number of nitrogens with zero attached hydrogens (tertiary/aromatic N) is 1. The number of carbonyl (C=O) groups excluding carboxylic acids is 1. The Morgan fingerprint density at radius 3 is 2.41 bits per heavy atom. The number of benzene rings is 1. The average Bonchev–Trinajstić information content (AvgIpc) is 3.05. The molecule has 0 unspecified atom stereocenters. The monoisotopic (exact) mass is 322 g/mol. The Labute approximate surface area is 131 Å². The second kappa shape index (κ2) is 6.44. The van der Waals surface area contributed by atoms with Crippen LogP contribution in [0.4, 0.5) is 19.3 Å². The number of hydrogen-bond donors (Lipinski definition) is 1. The van der Waals surface area contributed by atoms with Crippen molar-refractivity contribution in [2.24, 2.45) is 0 Å². The van der Waals surface area contributed by atoms with E-state index in [0.29, 0.717) is 19.0 Å². The Hall–Kier alpha value is -1.95. The summed E-state index contributed by atoms with van der Waals surface area (Å²) in [6.07, 6.45) is 1.74. The average molecular weight is 322 g/mol. The van der Waals surface area contributed by atoms with Crippen molar-refractivity contribution in [3.8, 4) is 0 Å². The lowest BCUT2D eigenvalue weighted by molar-refractivity contribution is 0.194. The topological polar surface area (TPSA) is 32.3 Å². The van der Waals surface area contributed by atoms with Gasteiger partial charge in [0.25, 0.3) is 0 Å². The molecule has 0 spiro atoms. The summed E-state index contributed by atoms with van der Waals surface area (Å²) in [5, 5.41) is 4.39. The van der Waals surface area contributed by atoms with Gasteiger partial charge in [0, 0.05) is 18.0 Å². The van der Waals surface area contributed by atoms with E-state index < -0.39 is 17.7 Å². The Bertz CT molecular complexity index is 632. The van der Waals surface area contributed by atoms with E-state index in [2.05, 4.69) is 16.8 Å². The second-order valence-electron chi connectivity index (χ2n) is 5.30. The van der Waals surface area contributed by atoms with Crippen molar-refractivity contribution < 1.29 is 13.6 Å². The van der Waals surface area contributed by atoms with Gasteiger partial charge in [-0.2, -0.15) is 0 Å². The third-order valence-electron chi connectivity index (χ3n) is 3.92. The molecule has 0 aliphatic carbocycles. The van der Waals surface area contributed by atoms with Gasteiger partial charge in [0.15, 0.2) is 0 Å². The highest BCUT2D eigenvalue weighted by molar-refractivity contribution is 7.10. The maximum Gasteiger partial charge on any atom is 0.322 e. The third-order valence-corrected chi connectivity index (χ3v) is 4.96. The van der Waals surface area contributed by atoms with E-state index in [9.17, 15) is 13.6 Å². The van der Waals surface area contributed by atoms with Crippen molar-refractivity contribution in [2.75, 3.05) is 18.4 Å². The molecule has 1 N–H and O–H groups in total. The SMILES string of the molecule is O=C(Nc1c(F)cccc1F)N1CCC(c2cccs2)CC1. The van der Waals surface area contributed by atoms with Gasteiger partial charge in [0.1, 0.15) is 17.3 Å². The zero-order chi connectivity index (χ0) is 15.5. The van der Waals surface area contributed by atoms with Crippen LogP contribution < -0.4 is 5.32 Å². The van der Waals surface area contributed by atoms with Crippen molar-refractivity contribution in [2.45, 2.75) is 18.8 Å². The molecule has 3 nitrogen and oxygen atoms in total. The van der Waals surface area contributed by atoms with Gasteiger partial charge in [-0.3, -0.25) is 0 Å². The van der Waals surface area contributed by atoms with Gasteiger partial charge in [0.2, 0.25) is 0 Å². The minimum absolute atomic E-state index is 0.382. The number of rotatable bonds is 2. The van der Waals surface area contributed by atoms with Crippen LogP contribution in [0.15, 0.2) is 35.7 Å². The van der Waals surface area contributed by atoms with Crippen LogP contribution in [0.2, 0.25) is 0 Å². The lowest BCUT2D eigenvalue weighted by Crippen LogP contribution is -2.40. The summed E-state index contributed by atoms with van der Waals surface area (Å²) in [5.41, 5.74) is -0.382. The fourth-order valence-corrected chi connectivity index (χ4v) is 3.59. The van der Waals surface area contributed by atoms with Crippen LogP contribution in [0, 0.1) is 11.6 Å². The number of likely N-dealkylation sites (tertiary alicyclic amines) is 1. The molecule has 3 rings (SSSR count). The number of nitrogens with one attached hydrogen (secondary N) is 1. The van der Waals surface area contributed by atoms with Gasteiger partial charge in [-0.1, -0.05) is 12.1 Å². The molecule has 2 aromatic rings. The minimum atomic E-state index is -0.762. The highest BCUT2D eigenvalue weighted by Gasteiger charge is 2.25. The fraction of sp³-hybridized carbons (Fsp3) is 0.312. The van der Waals surface area contributed by atoms with Crippen LogP contribution in [0.1, 0.15) is 23.6 Å². The molecule has 0 saturated carbocycles. The molecule has 1 aromatic heterocycles. The molecule has 22 heavy (non-hydrogen) atoms. The first-order chi connectivity index (χ1) is 10.6. The maximum atomic E-state index is 13.6. The quantitative estimate of drug-likeness (QED) is 0.871. The summed E-state index contributed by atoms with van der Waals surface area (Å²) in [6, 6.07) is 7.21. The standard InChI is InChI=1S/C16H16F2N2OS/c17-12-3-1-4-13(18)15(12)19-16(21)20-8-6-11(7-9-20)14-5-2-10-22-14/h1-5,10-11H,6-9H2,(H,19,21). The number of amides is 2. The number of anilines is 1. The number of halogens is 2. The lowest BCUT2D eigenvalue weighted by atomic mass is 9.95. The fourth-order valence-electron chi connectivity index (χ4n) is 2.69. The van der Waals surface area contributed by atoms with Crippen molar-refractivity contribution in [3.63, 3.8) is 0 Å². The van der Waals surface area contributed by atoms with E-state index in [1.807, 2.05) is 6.07 Å². The predicted molar refractivity (Wildman–Crippen MR) is 83.2 cm³/mol. The molecule has 1 aromatic carbocycles. The Kier molecular flexibility index (Phi) is 4.38. The zero-order valence-corrected chi connectivity index (χ0v) is 12.7. The molecule has 0 bridgehead atoms. The van der Waals surface area contributed by atoms with Gasteiger partial charge < -0.3 is 10.2 Å². The molecular weight excluding hydrogens is 306 g/mol. The minimum Gasteiger partial charge on any atom is -0.324 e. The van der Waals surface area contributed by atoms with Gasteiger partial charge in [0.05, 0.1) is 0 Å². The van der Waals surface area contributed by atoms with E-state index >= 15 is 0 Å². The van der Waals surface area contributed by atoms with E-state index in [-0.39, 0.29) is 5.69 Å². The van der Waals surface area contributed by atoms with E-state index in [0.717, 1.165) is 25.0 Å². The molecule has 116 valence electrons. The number of para-hydroxylation sites is 1. The van der Waals surface area contributed by atoms with Gasteiger partial charge in [-0.15, -0.1) is 11.3 Å². The van der Waals surface area contributed by atoms with Crippen LogP contribution in [-0.4, -0.2) is 24.0 Å². The molecule has 2 amide bonds. The summed E-state index contributed by atoms with van der Waals surface area (Å²) in [6.45, 7) is 1.18. The third kappa shape index (κ3) is 3.11. The molecule has 1 saturated heterocycles. The predicted octanol–water partition coefficient (Wildman–Crippen LogP) is 4.44. The van der Waals surface area contributed by atoms with Gasteiger partial charge in [-0.05, 0) is 42.3 Å². The first kappa shape index (κ1) is 15.0. The van der Waals surface area contributed by atoms with Crippen molar-refractivity contribution in [1.29, 1.82) is 0 Å². The van der Waals surface area contributed by atoms with Crippen molar-refractivity contribution in [1.82, 2.24) is 4.90 Å². The summed E-state index contributed by atoms with van der Waals surface area (Å²) in [7, 11) is 0. The maximum absolute atomic E-state index is 13.6. The molecule has 0 radical (unpaired) electrons. The normalized spacial score (nSPS) is 15.8. The van der Waals surface area contributed by atoms with Crippen molar-refractivity contribution >= 4 is 23.1 Å². The Balaban J connectivity index is 1.60. The highest BCUT2D eigenvalue weighted by Crippen LogP contribution is 2.31. The zero-order valence-electron chi connectivity index (χ0n) is 11.9. The molecule has 1 aliphatic heterocycles. The summed E-state index contributed by atoms with van der Waals surface area (Å²) in [5.74, 6) is -1.06. The van der Waals surface area contributed by atoms with Gasteiger partial charge in [-0.25, -0.2) is 13.6 Å². The summed E-state index contributed by atoms with van der Waals surface area (Å²) in [4.78, 5) is 15.1. The number of thiophene rings is 1. The Morgan fingerprint density at radius 2 is 1.82 bits per heavy atom. The van der Waals surface area contributed by atoms with Crippen LogP contribution in [0.5, 0.6) is 0 Å². The number of urea groups is 1. The highest BCUT2D eigenvalue weighted by atomic mass is 32.1. The summed E-state index contributed by atoms with van der Waals surface area (Å²) >= 11 is 1.73. The lowest BCUT2D eigenvalue weighted by Gasteiger charge is -2.31. The largest absolute Gasteiger partial charge is 0.324 e. The molecule has 1 aliphatic rings. The molecule has 6 heteroatoms. The van der Waals surface area contributed by atoms with Crippen LogP contribution in [-0.2, 0) is 0 Å². The van der Waals surface area contributed by atoms with E-state index in [4.69, 9.17) is 0 Å². The Morgan fingerprint density at radius 1 is 1.14 bits per heavy atom. The number of carbonyl (C=O) groups is 1. The van der Waals surface area contributed by atoms with E-state index in [1.54, 1.807) is 16.2 Å². The van der Waals surface area contributed by atoms with Crippen LogP contribution in [0.3, 0.4) is 0 Å². The van der Waals surface area contributed by atoms with Crippen LogP contribution >= 0.6 is 11.3 Å². The first-order valence-corrected chi connectivity index (χ1v) is 8.06. The van der Waals surface area contributed by atoms with E-state index in [1.165, 1.54) is 10.9 Å². The summed E-state index contributed by atoms with van der Waals surface area (Å²) < 4.78 is 27.1.